The number of benzene rings is 2. The minimum absolute atomic E-state index is 0.138. The van der Waals surface area contributed by atoms with E-state index in [0.717, 1.165) is 19.3 Å². The van der Waals surface area contributed by atoms with Crippen LogP contribution in [0.3, 0.4) is 0 Å². The first kappa shape index (κ1) is 16.4. The zero-order valence-corrected chi connectivity index (χ0v) is 15.4. The highest BCUT2D eigenvalue weighted by Crippen LogP contribution is 2.63. The van der Waals surface area contributed by atoms with Gasteiger partial charge in [-0.05, 0) is 90.0 Å². The van der Waals surface area contributed by atoms with E-state index >= 15 is 0 Å². The summed E-state index contributed by atoms with van der Waals surface area (Å²) in [5.41, 5.74) is 4.47. The van der Waals surface area contributed by atoms with E-state index < -0.39 is 0 Å². The first-order valence-electron chi connectivity index (χ1n) is 10.1. The van der Waals surface area contributed by atoms with Gasteiger partial charge in [-0.3, -0.25) is 0 Å². The SMILES string of the molecule is C[C@]12CC[C@@H]3c4ccc(O)cc4C[C@@H](c4ccccc4)[C@@H]3[C@@H]1C[C@H](O)C2. The van der Waals surface area contributed by atoms with Crippen molar-refractivity contribution in [1.29, 1.82) is 0 Å². The van der Waals surface area contributed by atoms with Crippen LogP contribution in [0.1, 0.15) is 61.1 Å². The van der Waals surface area contributed by atoms with Crippen LogP contribution in [0, 0.1) is 17.3 Å². The van der Waals surface area contributed by atoms with Crippen LogP contribution in [0.4, 0.5) is 0 Å². The largest absolute Gasteiger partial charge is 0.508 e. The Kier molecular flexibility index (Phi) is 3.69. The third kappa shape index (κ3) is 2.42. The van der Waals surface area contributed by atoms with E-state index in [9.17, 15) is 10.2 Å². The minimum atomic E-state index is -0.138. The molecule has 2 N–H and O–H groups in total. The molecule has 0 radical (unpaired) electrons. The summed E-state index contributed by atoms with van der Waals surface area (Å²) in [5.74, 6) is 2.58. The molecule has 0 aromatic heterocycles. The molecule has 2 aromatic carbocycles. The number of hydrogen-bond donors (Lipinski definition) is 2. The molecule has 0 aliphatic heterocycles. The average molecular weight is 348 g/mol. The monoisotopic (exact) mass is 348 g/mol. The lowest BCUT2D eigenvalue weighted by molar-refractivity contribution is 0.0468. The standard InChI is InChI=1S/C24H28O2/c1-24-10-9-20-19-8-7-17(25)11-16(19)12-21(15-5-3-2-4-6-15)23(20)22(24)13-18(26)14-24/h2-8,11,18,20-23,25-26H,9-10,12-14H2,1H3/t18-,20+,21-,22-,23+,24+/m0/s1. The summed E-state index contributed by atoms with van der Waals surface area (Å²) >= 11 is 0. The van der Waals surface area contributed by atoms with Gasteiger partial charge in [0, 0.05) is 0 Å². The normalized spacial score (nSPS) is 38.3. The summed E-state index contributed by atoms with van der Waals surface area (Å²) < 4.78 is 0. The van der Waals surface area contributed by atoms with Crippen LogP contribution in [-0.4, -0.2) is 16.3 Å². The van der Waals surface area contributed by atoms with Crippen molar-refractivity contribution in [3.63, 3.8) is 0 Å². The Balaban J connectivity index is 1.64. The van der Waals surface area contributed by atoms with Crippen molar-refractivity contribution in [2.24, 2.45) is 17.3 Å². The van der Waals surface area contributed by atoms with Crippen LogP contribution in [-0.2, 0) is 6.42 Å². The van der Waals surface area contributed by atoms with Crippen LogP contribution < -0.4 is 0 Å². The minimum Gasteiger partial charge on any atom is -0.508 e. The van der Waals surface area contributed by atoms with Gasteiger partial charge in [0.25, 0.3) is 0 Å². The topological polar surface area (TPSA) is 40.5 Å². The molecule has 2 heteroatoms. The molecule has 3 aliphatic carbocycles. The number of rotatable bonds is 1. The summed E-state index contributed by atoms with van der Waals surface area (Å²) in [6.45, 7) is 2.42. The predicted molar refractivity (Wildman–Crippen MR) is 103 cm³/mol. The Morgan fingerprint density at radius 2 is 1.85 bits per heavy atom. The lowest BCUT2D eigenvalue weighted by Crippen LogP contribution is -2.43. The van der Waals surface area contributed by atoms with Gasteiger partial charge in [0.15, 0.2) is 0 Å². The third-order valence-corrected chi connectivity index (χ3v) is 7.74. The van der Waals surface area contributed by atoms with E-state index in [0.29, 0.717) is 29.4 Å². The second-order valence-corrected chi connectivity index (χ2v) is 9.18. The summed E-state index contributed by atoms with van der Waals surface area (Å²) in [7, 11) is 0. The highest BCUT2D eigenvalue weighted by molar-refractivity contribution is 5.43. The van der Waals surface area contributed by atoms with Gasteiger partial charge >= 0.3 is 0 Å². The summed E-state index contributed by atoms with van der Waals surface area (Å²) in [6.07, 6.45) is 5.18. The van der Waals surface area contributed by atoms with E-state index in [1.54, 1.807) is 0 Å². The third-order valence-electron chi connectivity index (χ3n) is 7.74. The summed E-state index contributed by atoms with van der Waals surface area (Å²) in [5, 5.41) is 20.5. The van der Waals surface area contributed by atoms with E-state index in [1.807, 2.05) is 12.1 Å². The lowest BCUT2D eigenvalue weighted by Gasteiger charge is -2.52. The maximum atomic E-state index is 10.5. The molecule has 3 aliphatic rings. The molecule has 6 atom stereocenters. The van der Waals surface area contributed by atoms with Crippen LogP contribution >= 0.6 is 0 Å². The van der Waals surface area contributed by atoms with Crippen LogP contribution in [0.15, 0.2) is 48.5 Å². The molecule has 2 aromatic rings. The van der Waals surface area contributed by atoms with Crippen molar-refractivity contribution in [3.05, 3.63) is 65.2 Å². The number of phenols is 1. The highest BCUT2D eigenvalue weighted by atomic mass is 16.3. The number of hydrogen-bond acceptors (Lipinski definition) is 2. The van der Waals surface area contributed by atoms with Crippen molar-refractivity contribution in [2.45, 2.75) is 57.0 Å². The second kappa shape index (κ2) is 5.85. The summed E-state index contributed by atoms with van der Waals surface area (Å²) in [6, 6.07) is 16.9. The highest BCUT2D eigenvalue weighted by Gasteiger charge is 2.55. The summed E-state index contributed by atoms with van der Waals surface area (Å²) in [4.78, 5) is 0. The van der Waals surface area contributed by atoms with Gasteiger partial charge in [-0.2, -0.15) is 0 Å². The lowest BCUT2D eigenvalue weighted by atomic mass is 9.52. The molecular formula is C24H28O2. The number of aromatic hydroxyl groups is 1. The average Bonchev–Trinajstić information content (AvgIpc) is 2.95. The number of fused-ring (bicyclic) bond motifs is 5. The zero-order valence-electron chi connectivity index (χ0n) is 15.4. The molecule has 0 saturated heterocycles. The van der Waals surface area contributed by atoms with Gasteiger partial charge in [0.1, 0.15) is 5.75 Å². The van der Waals surface area contributed by atoms with E-state index in [1.165, 1.54) is 29.5 Å². The molecule has 0 bridgehead atoms. The fourth-order valence-corrected chi connectivity index (χ4v) is 6.69. The van der Waals surface area contributed by atoms with Gasteiger partial charge in [0.05, 0.1) is 6.10 Å². The van der Waals surface area contributed by atoms with Gasteiger partial charge in [-0.15, -0.1) is 0 Å². The van der Waals surface area contributed by atoms with Crippen LogP contribution in [0.25, 0.3) is 0 Å². The van der Waals surface area contributed by atoms with Crippen molar-refractivity contribution in [2.75, 3.05) is 0 Å². The smallest absolute Gasteiger partial charge is 0.115 e. The molecule has 0 amide bonds. The molecular weight excluding hydrogens is 320 g/mol. The van der Waals surface area contributed by atoms with Gasteiger partial charge in [-0.25, -0.2) is 0 Å². The Bertz CT molecular complexity index is 814. The Labute approximate surface area is 155 Å². The van der Waals surface area contributed by atoms with E-state index in [-0.39, 0.29) is 11.5 Å². The molecule has 0 unspecified atom stereocenters. The Hall–Kier alpha value is -1.80. The van der Waals surface area contributed by atoms with Crippen molar-refractivity contribution < 1.29 is 10.2 Å². The van der Waals surface area contributed by atoms with Crippen LogP contribution in [0.5, 0.6) is 5.75 Å². The Morgan fingerprint density at radius 3 is 2.65 bits per heavy atom. The van der Waals surface area contributed by atoms with Crippen LogP contribution in [0.2, 0.25) is 0 Å². The fourth-order valence-electron chi connectivity index (χ4n) is 6.69. The number of phenolic OH excluding ortho intramolecular Hbond substituents is 1. The maximum absolute atomic E-state index is 10.5. The molecule has 26 heavy (non-hydrogen) atoms. The predicted octanol–water partition coefficient (Wildman–Crippen LogP) is 5.00. The zero-order chi connectivity index (χ0) is 17.9. The van der Waals surface area contributed by atoms with Gasteiger partial charge in [-0.1, -0.05) is 43.3 Å². The Morgan fingerprint density at radius 1 is 1.04 bits per heavy atom. The molecule has 2 fully saturated rings. The van der Waals surface area contributed by atoms with E-state index in [4.69, 9.17) is 0 Å². The molecule has 2 nitrogen and oxygen atoms in total. The van der Waals surface area contributed by atoms with E-state index in [2.05, 4.69) is 43.3 Å². The molecule has 2 saturated carbocycles. The van der Waals surface area contributed by atoms with Gasteiger partial charge in [0.2, 0.25) is 0 Å². The fraction of sp³-hybridized carbons (Fsp3) is 0.500. The molecule has 0 heterocycles. The molecule has 5 rings (SSSR count). The number of aliphatic hydroxyl groups is 1. The second-order valence-electron chi connectivity index (χ2n) is 9.18. The van der Waals surface area contributed by atoms with Crippen molar-refractivity contribution in [3.8, 4) is 5.75 Å². The first-order valence-corrected chi connectivity index (χ1v) is 10.1. The molecule has 136 valence electrons. The number of aliphatic hydroxyl groups excluding tert-OH is 1. The van der Waals surface area contributed by atoms with Crippen molar-refractivity contribution in [1.82, 2.24) is 0 Å². The van der Waals surface area contributed by atoms with Crippen molar-refractivity contribution >= 4 is 0 Å². The first-order chi connectivity index (χ1) is 12.5. The quantitative estimate of drug-likeness (QED) is 0.761. The van der Waals surface area contributed by atoms with Gasteiger partial charge < -0.3 is 10.2 Å². The molecule has 0 spiro atoms. The maximum Gasteiger partial charge on any atom is 0.115 e.